The summed E-state index contributed by atoms with van der Waals surface area (Å²) < 4.78 is 5.29. The van der Waals surface area contributed by atoms with Crippen molar-refractivity contribution < 1.29 is 4.42 Å². The topological polar surface area (TPSA) is 26.0 Å². The van der Waals surface area contributed by atoms with Crippen molar-refractivity contribution in [1.29, 1.82) is 0 Å². The first-order chi connectivity index (χ1) is 5.83. The average Bonchev–Trinajstić information content (AvgIpc) is 2.48. The first kappa shape index (κ1) is 7.62. The minimum absolute atomic E-state index is 0.428. The zero-order valence-corrected chi connectivity index (χ0v) is 7.43. The van der Waals surface area contributed by atoms with Crippen LogP contribution >= 0.6 is 11.6 Å². The SMILES string of the molecule is Cc1coc2ccnc(CCl)c12. The van der Waals surface area contributed by atoms with E-state index in [1.807, 2.05) is 13.0 Å². The van der Waals surface area contributed by atoms with Crippen LogP contribution in [0.15, 0.2) is 22.9 Å². The van der Waals surface area contributed by atoms with Crippen LogP contribution in [0.25, 0.3) is 11.0 Å². The molecule has 2 aromatic rings. The van der Waals surface area contributed by atoms with E-state index in [9.17, 15) is 0 Å². The monoisotopic (exact) mass is 181 g/mol. The number of fused-ring (bicyclic) bond motifs is 1. The zero-order chi connectivity index (χ0) is 8.55. The van der Waals surface area contributed by atoms with Crippen molar-refractivity contribution in [2.45, 2.75) is 12.8 Å². The molecular weight excluding hydrogens is 174 g/mol. The fourth-order valence-corrected chi connectivity index (χ4v) is 1.52. The summed E-state index contributed by atoms with van der Waals surface area (Å²) in [6.45, 7) is 1.99. The fraction of sp³-hybridized carbons (Fsp3) is 0.222. The molecule has 0 aliphatic carbocycles. The Balaban J connectivity index is 2.84. The fourth-order valence-electron chi connectivity index (χ4n) is 1.32. The van der Waals surface area contributed by atoms with Gasteiger partial charge in [0, 0.05) is 11.6 Å². The summed E-state index contributed by atoms with van der Waals surface area (Å²) in [5.41, 5.74) is 2.84. The highest BCUT2D eigenvalue weighted by Gasteiger charge is 2.06. The number of pyridine rings is 1. The van der Waals surface area contributed by atoms with Gasteiger partial charge in [-0.2, -0.15) is 0 Å². The first-order valence-electron chi connectivity index (χ1n) is 3.70. The molecule has 2 nitrogen and oxygen atoms in total. The van der Waals surface area contributed by atoms with Gasteiger partial charge in [-0.15, -0.1) is 11.6 Å². The minimum Gasteiger partial charge on any atom is -0.464 e. The summed E-state index contributed by atoms with van der Waals surface area (Å²) in [5.74, 6) is 0.428. The molecule has 0 fully saturated rings. The molecule has 0 aliphatic heterocycles. The van der Waals surface area contributed by atoms with E-state index in [0.717, 1.165) is 22.2 Å². The van der Waals surface area contributed by atoms with Crippen LogP contribution in [0.4, 0.5) is 0 Å². The summed E-state index contributed by atoms with van der Waals surface area (Å²) in [6.07, 6.45) is 3.44. The van der Waals surface area contributed by atoms with Gasteiger partial charge >= 0.3 is 0 Å². The number of alkyl halides is 1. The molecule has 0 unspecified atom stereocenters. The normalized spacial score (nSPS) is 10.8. The standard InChI is InChI=1S/C9H8ClNO/c1-6-5-12-8-2-3-11-7(4-10)9(6)8/h2-3,5H,4H2,1H3. The van der Waals surface area contributed by atoms with Crippen LogP contribution in [0.1, 0.15) is 11.3 Å². The molecule has 0 saturated heterocycles. The van der Waals surface area contributed by atoms with Gasteiger partial charge in [0.05, 0.1) is 17.8 Å². The van der Waals surface area contributed by atoms with Crippen LogP contribution in [0.2, 0.25) is 0 Å². The third-order valence-corrected chi connectivity index (χ3v) is 2.13. The molecule has 0 saturated carbocycles. The highest BCUT2D eigenvalue weighted by atomic mass is 35.5. The predicted octanol–water partition coefficient (Wildman–Crippen LogP) is 2.88. The lowest BCUT2D eigenvalue weighted by atomic mass is 10.2. The van der Waals surface area contributed by atoms with Crippen LogP contribution < -0.4 is 0 Å². The Kier molecular flexibility index (Phi) is 1.77. The van der Waals surface area contributed by atoms with Gasteiger partial charge in [-0.25, -0.2) is 0 Å². The van der Waals surface area contributed by atoms with Crippen LogP contribution in [0.3, 0.4) is 0 Å². The van der Waals surface area contributed by atoms with Gasteiger partial charge in [0.25, 0.3) is 0 Å². The Morgan fingerprint density at radius 3 is 3.17 bits per heavy atom. The molecule has 0 aromatic carbocycles. The number of hydrogen-bond acceptors (Lipinski definition) is 2. The van der Waals surface area contributed by atoms with E-state index >= 15 is 0 Å². The number of aromatic nitrogens is 1. The van der Waals surface area contributed by atoms with Crippen LogP contribution in [0, 0.1) is 6.92 Å². The van der Waals surface area contributed by atoms with Crippen molar-refractivity contribution in [3.63, 3.8) is 0 Å². The van der Waals surface area contributed by atoms with E-state index in [1.165, 1.54) is 0 Å². The second-order valence-corrected chi connectivity index (χ2v) is 2.95. The Morgan fingerprint density at radius 1 is 1.58 bits per heavy atom. The van der Waals surface area contributed by atoms with E-state index in [0.29, 0.717) is 5.88 Å². The molecule has 2 heterocycles. The van der Waals surface area contributed by atoms with Crippen molar-refractivity contribution in [3.8, 4) is 0 Å². The summed E-state index contributed by atoms with van der Waals surface area (Å²) >= 11 is 5.73. The number of aryl methyl sites for hydroxylation is 1. The van der Waals surface area contributed by atoms with E-state index in [-0.39, 0.29) is 0 Å². The molecule has 0 radical (unpaired) electrons. The second-order valence-electron chi connectivity index (χ2n) is 2.68. The van der Waals surface area contributed by atoms with E-state index in [1.54, 1.807) is 12.5 Å². The lowest BCUT2D eigenvalue weighted by Crippen LogP contribution is -1.85. The van der Waals surface area contributed by atoms with Crippen LogP contribution in [-0.4, -0.2) is 4.98 Å². The lowest BCUT2D eigenvalue weighted by Gasteiger charge is -1.95. The first-order valence-corrected chi connectivity index (χ1v) is 4.24. The third kappa shape index (κ3) is 0.994. The van der Waals surface area contributed by atoms with E-state index in [4.69, 9.17) is 16.0 Å². The number of hydrogen-bond donors (Lipinski definition) is 0. The Morgan fingerprint density at radius 2 is 2.42 bits per heavy atom. The minimum atomic E-state index is 0.428. The lowest BCUT2D eigenvalue weighted by molar-refractivity contribution is 0.612. The van der Waals surface area contributed by atoms with Gasteiger partial charge < -0.3 is 4.42 Å². The molecule has 0 amide bonds. The summed E-state index contributed by atoms with van der Waals surface area (Å²) in [4.78, 5) is 4.17. The maximum atomic E-state index is 5.73. The van der Waals surface area contributed by atoms with E-state index < -0.39 is 0 Å². The van der Waals surface area contributed by atoms with Gasteiger partial charge in [-0.1, -0.05) is 0 Å². The largest absolute Gasteiger partial charge is 0.464 e. The van der Waals surface area contributed by atoms with Crippen LogP contribution in [0.5, 0.6) is 0 Å². The molecule has 62 valence electrons. The number of nitrogens with zero attached hydrogens (tertiary/aromatic N) is 1. The maximum Gasteiger partial charge on any atom is 0.137 e. The molecule has 0 aliphatic rings. The highest BCUT2D eigenvalue weighted by Crippen LogP contribution is 2.23. The van der Waals surface area contributed by atoms with Crippen molar-refractivity contribution in [2.24, 2.45) is 0 Å². The van der Waals surface area contributed by atoms with Gasteiger partial charge in [-0.3, -0.25) is 4.98 Å². The Labute approximate surface area is 75.2 Å². The summed E-state index contributed by atoms with van der Waals surface area (Å²) in [6, 6.07) is 1.85. The quantitative estimate of drug-likeness (QED) is 0.633. The van der Waals surface area contributed by atoms with Gasteiger partial charge in [0.15, 0.2) is 0 Å². The van der Waals surface area contributed by atoms with E-state index in [2.05, 4.69) is 4.98 Å². The third-order valence-electron chi connectivity index (χ3n) is 1.87. The molecule has 0 atom stereocenters. The van der Waals surface area contributed by atoms with Gasteiger partial charge in [-0.05, 0) is 18.6 Å². The second kappa shape index (κ2) is 2.79. The van der Waals surface area contributed by atoms with Crippen molar-refractivity contribution in [1.82, 2.24) is 4.98 Å². The highest BCUT2D eigenvalue weighted by molar-refractivity contribution is 6.17. The number of halogens is 1. The summed E-state index contributed by atoms with van der Waals surface area (Å²) in [5, 5.41) is 1.05. The maximum absolute atomic E-state index is 5.73. The Bertz CT molecular complexity index is 408. The zero-order valence-electron chi connectivity index (χ0n) is 6.67. The number of furan rings is 1. The molecule has 2 aromatic heterocycles. The molecule has 0 spiro atoms. The summed E-state index contributed by atoms with van der Waals surface area (Å²) in [7, 11) is 0. The average molecular weight is 182 g/mol. The predicted molar refractivity (Wildman–Crippen MR) is 48.3 cm³/mol. The van der Waals surface area contributed by atoms with Crippen LogP contribution in [-0.2, 0) is 5.88 Å². The van der Waals surface area contributed by atoms with Crippen molar-refractivity contribution in [2.75, 3.05) is 0 Å². The molecule has 12 heavy (non-hydrogen) atoms. The molecular formula is C9H8ClNO. The van der Waals surface area contributed by atoms with Gasteiger partial charge in [0.1, 0.15) is 5.58 Å². The van der Waals surface area contributed by atoms with Gasteiger partial charge in [0.2, 0.25) is 0 Å². The molecule has 0 N–H and O–H groups in total. The molecule has 3 heteroatoms. The molecule has 0 bridgehead atoms. The smallest absolute Gasteiger partial charge is 0.137 e. The Hall–Kier alpha value is -1.02. The van der Waals surface area contributed by atoms with Crippen molar-refractivity contribution >= 4 is 22.6 Å². The molecule has 2 rings (SSSR count). The van der Waals surface area contributed by atoms with Crippen molar-refractivity contribution in [3.05, 3.63) is 29.8 Å². The number of rotatable bonds is 1.